The molecule has 11 heteroatoms. The number of carboxylic acid groups (broad SMARTS) is 1. The lowest BCUT2D eigenvalue weighted by Gasteiger charge is -2.27. The Balaban J connectivity index is 0.000000362. The van der Waals surface area contributed by atoms with Crippen molar-refractivity contribution >= 4 is 35.7 Å². The van der Waals surface area contributed by atoms with E-state index >= 15 is 0 Å². The lowest BCUT2D eigenvalue weighted by Crippen LogP contribution is -2.43. The number of rotatable bonds is 7. The van der Waals surface area contributed by atoms with Crippen LogP contribution in [0.2, 0.25) is 0 Å². The van der Waals surface area contributed by atoms with E-state index < -0.39 is 40.2 Å². The van der Waals surface area contributed by atoms with Crippen LogP contribution in [0.3, 0.4) is 0 Å². The maximum Gasteiger partial charge on any atom is 0.407 e. The zero-order valence-electron chi connectivity index (χ0n) is 22.5. The molecular weight excluding hydrogens is 492 g/mol. The first-order chi connectivity index (χ1) is 16.5. The van der Waals surface area contributed by atoms with Crippen molar-refractivity contribution in [3.8, 4) is 0 Å². The lowest BCUT2D eigenvalue weighted by molar-refractivity contribution is -0.153. The van der Waals surface area contributed by atoms with Crippen LogP contribution in [0.15, 0.2) is 0 Å². The van der Waals surface area contributed by atoms with Gasteiger partial charge in [0, 0.05) is 13.1 Å². The molecule has 0 atom stereocenters. The maximum atomic E-state index is 12.0. The summed E-state index contributed by atoms with van der Waals surface area (Å²) < 4.78 is 15.1. The molecule has 2 fully saturated rings. The third-order valence-electron chi connectivity index (χ3n) is 6.13. The number of halogens is 1. The van der Waals surface area contributed by atoms with E-state index in [4.69, 9.17) is 25.8 Å². The minimum atomic E-state index is -0.828. The molecule has 2 aliphatic rings. The average molecular weight is 535 g/mol. The topological polar surface area (TPSA) is 140 Å². The molecule has 3 N–H and O–H groups in total. The van der Waals surface area contributed by atoms with Gasteiger partial charge in [0.25, 0.3) is 0 Å². The van der Waals surface area contributed by atoms with Gasteiger partial charge in [0.15, 0.2) is 6.07 Å². The van der Waals surface area contributed by atoms with Crippen LogP contribution >= 0.6 is 11.6 Å². The largest absolute Gasteiger partial charge is 0.481 e. The second kappa shape index (κ2) is 13.4. The fourth-order valence-electron chi connectivity index (χ4n) is 4.34. The first-order valence-electron chi connectivity index (χ1n) is 12.4. The van der Waals surface area contributed by atoms with Crippen molar-refractivity contribution < 1.29 is 38.5 Å². The Labute approximate surface area is 219 Å². The fraction of sp³-hybridized carbons (Fsp3) is 0.840. The fourth-order valence-corrected chi connectivity index (χ4v) is 4.44. The van der Waals surface area contributed by atoms with E-state index in [1.165, 1.54) is 0 Å². The Kier molecular flexibility index (Phi) is 11.8. The molecule has 0 heterocycles. The Bertz CT molecular complexity index is 761. The van der Waals surface area contributed by atoms with E-state index in [0.29, 0.717) is 25.7 Å². The number of hydrogen-bond acceptors (Lipinski definition) is 7. The number of aliphatic carboxylic acids is 1. The molecule has 2 aliphatic carbocycles. The van der Waals surface area contributed by atoms with E-state index in [1.807, 2.05) is 0 Å². The summed E-state index contributed by atoms with van der Waals surface area (Å²) in [7, 11) is 0. The van der Waals surface area contributed by atoms with Gasteiger partial charge in [-0.15, -0.1) is 0 Å². The summed E-state index contributed by atoms with van der Waals surface area (Å²) in [4.78, 5) is 46.3. The monoisotopic (exact) mass is 534 g/mol. The van der Waals surface area contributed by atoms with Gasteiger partial charge in [-0.25, -0.2) is 9.59 Å². The molecule has 0 aromatic rings. The number of hydrogen-bond donors (Lipinski definition) is 3. The molecule has 0 aromatic heterocycles. The van der Waals surface area contributed by atoms with Gasteiger partial charge in [0.1, 0.15) is 11.2 Å². The van der Waals surface area contributed by atoms with Crippen LogP contribution in [0.4, 0.5) is 9.59 Å². The highest BCUT2D eigenvalue weighted by Gasteiger charge is 2.43. The molecule has 2 saturated carbocycles. The van der Waals surface area contributed by atoms with E-state index in [1.54, 1.807) is 41.5 Å². The summed E-state index contributed by atoms with van der Waals surface area (Å²) in [6.45, 7) is 11.1. The number of ether oxygens (including phenoxy) is 3. The van der Waals surface area contributed by atoms with Crippen LogP contribution in [0.5, 0.6) is 0 Å². The summed E-state index contributed by atoms with van der Waals surface area (Å²) in [6.07, 6.45) is 5.31. The van der Waals surface area contributed by atoms with Crippen LogP contribution in [0.1, 0.15) is 92.9 Å². The van der Waals surface area contributed by atoms with Crippen LogP contribution in [-0.2, 0) is 23.8 Å². The Morgan fingerprint density at radius 1 is 0.750 bits per heavy atom. The molecule has 2 rings (SSSR count). The van der Waals surface area contributed by atoms with Gasteiger partial charge in [0.05, 0.1) is 10.8 Å². The van der Waals surface area contributed by atoms with Gasteiger partial charge in [-0.1, -0.05) is 37.3 Å². The molecule has 0 aromatic carbocycles. The summed E-state index contributed by atoms with van der Waals surface area (Å²) in [6, 6.07) is -0.160. The molecule has 0 unspecified atom stereocenters. The Hall–Kier alpha value is -2.23. The van der Waals surface area contributed by atoms with Crippen molar-refractivity contribution in [3.05, 3.63) is 0 Å². The van der Waals surface area contributed by atoms with Crippen LogP contribution in [0, 0.1) is 10.8 Å². The van der Waals surface area contributed by atoms with E-state index in [0.717, 1.165) is 25.7 Å². The quantitative estimate of drug-likeness (QED) is 0.236. The summed E-state index contributed by atoms with van der Waals surface area (Å²) in [5, 5.41) is 14.4. The van der Waals surface area contributed by atoms with Crippen molar-refractivity contribution in [1.29, 1.82) is 0 Å². The van der Waals surface area contributed by atoms with E-state index in [-0.39, 0.29) is 25.1 Å². The minimum absolute atomic E-state index is 0.150. The van der Waals surface area contributed by atoms with Gasteiger partial charge in [-0.05, 0) is 67.2 Å². The highest BCUT2D eigenvalue weighted by molar-refractivity contribution is 6.17. The highest BCUT2D eigenvalue weighted by Crippen LogP contribution is 2.39. The van der Waals surface area contributed by atoms with Gasteiger partial charge in [-0.2, -0.15) is 0 Å². The van der Waals surface area contributed by atoms with Gasteiger partial charge >= 0.3 is 24.1 Å². The molecule has 0 spiro atoms. The molecule has 208 valence electrons. The smallest absolute Gasteiger partial charge is 0.407 e. The zero-order chi connectivity index (χ0) is 27.6. The molecule has 0 bridgehead atoms. The van der Waals surface area contributed by atoms with Crippen LogP contribution < -0.4 is 10.6 Å². The molecular formula is C25H43ClN2O8. The third-order valence-corrected chi connectivity index (χ3v) is 6.24. The normalized spacial score (nSPS) is 18.3. The number of esters is 1. The number of alkyl halides is 1. The first kappa shape index (κ1) is 31.8. The Morgan fingerprint density at radius 3 is 1.44 bits per heavy atom. The number of carboxylic acids is 1. The summed E-state index contributed by atoms with van der Waals surface area (Å²) in [5.74, 6) is -1.16. The number of carbonyl (C=O) groups excluding carboxylic acids is 3. The maximum absolute atomic E-state index is 12.0. The SMILES string of the molecule is CC(C)(C)OC(=O)NCC1(C(=O)O)CCCC1.CC(C)(C)OC(=O)NCC1(C(=O)OCCl)CCCC1. The molecule has 10 nitrogen and oxygen atoms in total. The predicted octanol–water partition coefficient (Wildman–Crippen LogP) is 4.97. The first-order valence-corrected chi connectivity index (χ1v) is 13.0. The molecule has 2 amide bonds. The van der Waals surface area contributed by atoms with Gasteiger partial charge in [-0.3, -0.25) is 9.59 Å². The second-order valence-corrected chi connectivity index (χ2v) is 11.8. The van der Waals surface area contributed by atoms with Gasteiger partial charge < -0.3 is 30.0 Å². The average Bonchev–Trinajstić information content (AvgIpc) is 3.40. The second-order valence-electron chi connectivity index (χ2n) is 11.5. The molecule has 0 radical (unpaired) electrons. The lowest BCUT2D eigenvalue weighted by atomic mass is 9.86. The molecule has 0 saturated heterocycles. The number of amides is 2. The van der Waals surface area contributed by atoms with Crippen molar-refractivity contribution in [3.63, 3.8) is 0 Å². The van der Waals surface area contributed by atoms with Crippen molar-refractivity contribution in [2.75, 3.05) is 19.2 Å². The highest BCUT2D eigenvalue weighted by atomic mass is 35.5. The minimum Gasteiger partial charge on any atom is -0.481 e. The summed E-state index contributed by atoms with van der Waals surface area (Å²) in [5.41, 5.74) is -2.55. The van der Waals surface area contributed by atoms with Crippen LogP contribution in [-0.4, -0.2) is 59.6 Å². The van der Waals surface area contributed by atoms with Crippen molar-refractivity contribution in [1.82, 2.24) is 10.6 Å². The number of alkyl carbamates (subject to hydrolysis) is 2. The van der Waals surface area contributed by atoms with E-state index in [9.17, 15) is 24.3 Å². The third kappa shape index (κ3) is 10.8. The zero-order valence-corrected chi connectivity index (χ0v) is 23.2. The predicted molar refractivity (Wildman–Crippen MR) is 135 cm³/mol. The molecule has 0 aliphatic heterocycles. The van der Waals surface area contributed by atoms with E-state index in [2.05, 4.69) is 10.6 Å². The standard InChI is InChI=1S/C13H22ClNO4.C12H21NO4/c1-12(2,3)19-11(17)15-8-13(6-4-5-7-13)10(16)18-9-14;1-11(2,3)17-10(16)13-8-12(9(14)15)6-4-5-7-12/h4-9H2,1-3H3,(H,15,17);4-8H2,1-3H3,(H,13,16)(H,14,15). The summed E-state index contributed by atoms with van der Waals surface area (Å²) >= 11 is 5.43. The van der Waals surface area contributed by atoms with Crippen molar-refractivity contribution in [2.45, 2.75) is 104 Å². The van der Waals surface area contributed by atoms with Gasteiger partial charge in [0.2, 0.25) is 0 Å². The molecule has 36 heavy (non-hydrogen) atoms. The number of nitrogens with one attached hydrogen (secondary N) is 2. The van der Waals surface area contributed by atoms with Crippen LogP contribution in [0.25, 0.3) is 0 Å². The Morgan fingerprint density at radius 2 is 1.11 bits per heavy atom. The number of carbonyl (C=O) groups is 4. The van der Waals surface area contributed by atoms with Crippen molar-refractivity contribution in [2.24, 2.45) is 10.8 Å².